The van der Waals surface area contributed by atoms with Crippen molar-refractivity contribution in [2.45, 2.75) is 52.3 Å². The molecule has 2 aromatic heterocycles. The second-order valence-electron chi connectivity index (χ2n) is 8.24. The summed E-state index contributed by atoms with van der Waals surface area (Å²) < 4.78 is 33.0. The highest BCUT2D eigenvalue weighted by Gasteiger charge is 2.25. The minimum atomic E-state index is -2.90. The third kappa shape index (κ3) is 5.44. The minimum Gasteiger partial charge on any atom is -0.444 e. The van der Waals surface area contributed by atoms with Crippen molar-refractivity contribution < 1.29 is 23.1 Å². The summed E-state index contributed by atoms with van der Waals surface area (Å²) in [6.45, 7) is 4.03. The number of alkyl halides is 2. The van der Waals surface area contributed by atoms with Crippen LogP contribution in [0.15, 0.2) is 36.7 Å². The van der Waals surface area contributed by atoms with Crippen LogP contribution in [0.1, 0.15) is 52.4 Å². The lowest BCUT2D eigenvalue weighted by Gasteiger charge is -2.23. The zero-order valence-electron chi connectivity index (χ0n) is 17.7. The fourth-order valence-electron chi connectivity index (χ4n) is 3.13. The van der Waals surface area contributed by atoms with Gasteiger partial charge in [-0.25, -0.2) is 9.48 Å². The Kier molecular flexibility index (Phi) is 6.37. The van der Waals surface area contributed by atoms with Crippen LogP contribution in [-0.2, 0) is 9.53 Å². The molecule has 0 saturated carbocycles. The topological polar surface area (TPSA) is 98.1 Å². The molecule has 2 bridgehead atoms. The van der Waals surface area contributed by atoms with Gasteiger partial charge in [-0.05, 0) is 39.3 Å². The molecule has 3 heterocycles. The van der Waals surface area contributed by atoms with Gasteiger partial charge in [0.05, 0.1) is 35.2 Å². The Morgan fingerprint density at radius 3 is 2.81 bits per heavy atom. The summed E-state index contributed by atoms with van der Waals surface area (Å²) in [7, 11) is 0. The maximum Gasteiger partial charge on any atom is 0.408 e. The quantitative estimate of drug-likeness (QED) is 0.683. The van der Waals surface area contributed by atoms with Crippen molar-refractivity contribution in [3.8, 4) is 11.3 Å². The first-order chi connectivity index (χ1) is 14.5. The van der Waals surface area contributed by atoms with Crippen molar-refractivity contribution in [2.24, 2.45) is 5.92 Å². The van der Waals surface area contributed by atoms with Gasteiger partial charge in [0.2, 0.25) is 5.91 Å². The van der Waals surface area contributed by atoms with Crippen molar-refractivity contribution in [2.75, 3.05) is 5.32 Å². The summed E-state index contributed by atoms with van der Waals surface area (Å²) in [6.07, 6.45) is 5.80. The first kappa shape index (κ1) is 22.4. The van der Waals surface area contributed by atoms with Gasteiger partial charge in [-0.2, -0.15) is 13.9 Å². The van der Waals surface area contributed by atoms with Crippen LogP contribution in [0.5, 0.6) is 0 Å². The van der Waals surface area contributed by atoms with E-state index in [9.17, 15) is 18.4 Å². The van der Waals surface area contributed by atoms with E-state index in [1.165, 1.54) is 12.4 Å². The van der Waals surface area contributed by atoms with E-state index in [4.69, 9.17) is 4.74 Å². The van der Waals surface area contributed by atoms with E-state index in [2.05, 4.69) is 20.7 Å². The van der Waals surface area contributed by atoms with Crippen LogP contribution >= 0.6 is 0 Å². The van der Waals surface area contributed by atoms with Crippen LogP contribution in [0.2, 0.25) is 0 Å². The minimum absolute atomic E-state index is 0.0553. The summed E-state index contributed by atoms with van der Waals surface area (Å²) in [6, 6.07) is 2.55. The zero-order valence-corrected chi connectivity index (χ0v) is 17.7. The molecule has 31 heavy (non-hydrogen) atoms. The summed E-state index contributed by atoms with van der Waals surface area (Å²) in [5.74, 6) is -0.895. The number of rotatable bonds is 2. The number of pyridine rings is 1. The van der Waals surface area contributed by atoms with Gasteiger partial charge in [-0.3, -0.25) is 9.78 Å². The maximum absolute atomic E-state index is 13.6. The van der Waals surface area contributed by atoms with Crippen LogP contribution in [0, 0.1) is 5.92 Å². The van der Waals surface area contributed by atoms with Crippen LogP contribution in [-0.4, -0.2) is 32.4 Å². The third-order valence-corrected chi connectivity index (χ3v) is 4.55. The number of ether oxygens (including phenoxy) is 1. The molecule has 0 aliphatic carbocycles. The van der Waals surface area contributed by atoms with Gasteiger partial charge in [0, 0.05) is 11.8 Å². The van der Waals surface area contributed by atoms with Crippen molar-refractivity contribution in [3.63, 3.8) is 0 Å². The predicted octanol–water partition coefficient (Wildman–Crippen LogP) is 4.44. The van der Waals surface area contributed by atoms with E-state index in [-0.39, 0.29) is 17.3 Å². The summed E-state index contributed by atoms with van der Waals surface area (Å²) in [5, 5.41) is 9.17. The Bertz CT molecular complexity index is 997. The van der Waals surface area contributed by atoms with Crippen LogP contribution in [0.4, 0.5) is 19.3 Å². The molecule has 3 rings (SSSR count). The molecule has 2 amide bonds. The Morgan fingerprint density at radius 2 is 2.13 bits per heavy atom. The highest BCUT2D eigenvalue weighted by Crippen LogP contribution is 2.33. The average Bonchev–Trinajstić information content (AvgIpc) is 3.08. The lowest BCUT2D eigenvalue weighted by Crippen LogP contribution is -2.35. The van der Waals surface area contributed by atoms with Gasteiger partial charge in [-0.1, -0.05) is 19.1 Å². The maximum atomic E-state index is 13.6. The Labute approximate surface area is 178 Å². The molecule has 0 aromatic carbocycles. The normalized spacial score (nSPS) is 19.1. The van der Waals surface area contributed by atoms with Crippen molar-refractivity contribution >= 4 is 17.7 Å². The number of anilines is 1. The Hall–Kier alpha value is -3.30. The van der Waals surface area contributed by atoms with Gasteiger partial charge < -0.3 is 15.4 Å². The number of hydrogen-bond donors (Lipinski definition) is 2. The monoisotopic (exact) mass is 433 g/mol. The highest BCUT2D eigenvalue weighted by atomic mass is 19.3. The molecule has 2 N–H and O–H groups in total. The van der Waals surface area contributed by atoms with Crippen molar-refractivity contribution in [1.82, 2.24) is 20.1 Å². The predicted molar refractivity (Wildman–Crippen MR) is 110 cm³/mol. The molecule has 2 atom stereocenters. The molecule has 8 nitrogen and oxygen atoms in total. The van der Waals surface area contributed by atoms with E-state index in [0.717, 1.165) is 0 Å². The molecule has 1 aliphatic rings. The Balaban J connectivity index is 2.07. The molecule has 0 radical (unpaired) electrons. The molecular weight excluding hydrogens is 408 g/mol. The fourth-order valence-corrected chi connectivity index (χ4v) is 3.13. The number of nitrogens with one attached hydrogen (secondary N) is 2. The average molecular weight is 433 g/mol. The number of fused-ring (bicyclic) bond motifs is 4. The molecule has 10 heteroatoms. The lowest BCUT2D eigenvalue weighted by atomic mass is 10.0. The molecule has 0 saturated heterocycles. The molecular formula is C21H25F2N5O3. The number of halogens is 2. The van der Waals surface area contributed by atoms with Gasteiger partial charge in [0.1, 0.15) is 5.60 Å². The first-order valence-corrected chi connectivity index (χ1v) is 9.84. The number of hydrogen-bond acceptors (Lipinski definition) is 5. The zero-order chi connectivity index (χ0) is 22.8. The Morgan fingerprint density at radius 1 is 1.39 bits per heavy atom. The summed E-state index contributed by atoms with van der Waals surface area (Å²) in [4.78, 5) is 29.2. The molecule has 0 unspecified atom stereocenters. The number of amides is 2. The molecule has 166 valence electrons. The van der Waals surface area contributed by atoms with Crippen molar-refractivity contribution in [3.05, 3.63) is 42.4 Å². The number of alkyl carbamates (subject to hydrolysis) is 1. The van der Waals surface area contributed by atoms with Crippen LogP contribution < -0.4 is 10.6 Å². The van der Waals surface area contributed by atoms with Crippen LogP contribution in [0.25, 0.3) is 11.3 Å². The van der Waals surface area contributed by atoms with Gasteiger partial charge >= 0.3 is 12.6 Å². The van der Waals surface area contributed by atoms with Gasteiger partial charge in [0.15, 0.2) is 0 Å². The number of carbonyl (C=O) groups excluding carboxylic acids is 2. The lowest BCUT2D eigenvalue weighted by molar-refractivity contribution is -0.118. The standard InChI is InChI=1S/C21H25F2N5O3/c1-12-6-5-7-14(27-20(30)31-21(2,3)4)15-10-13(8-9-24-15)17-16(26-18(12)29)11-25-28(17)19(22)23/h5-6,8-12,14,19H,7H2,1-4H3,(H,26,29)(H,27,30)/t12-,14+/m1/s1. The number of carbonyl (C=O) groups is 2. The molecule has 0 spiro atoms. The van der Waals surface area contributed by atoms with E-state index < -0.39 is 30.2 Å². The second kappa shape index (κ2) is 8.83. The largest absolute Gasteiger partial charge is 0.444 e. The van der Waals surface area contributed by atoms with Crippen LogP contribution in [0.3, 0.4) is 0 Å². The van der Waals surface area contributed by atoms with Gasteiger partial charge in [-0.15, -0.1) is 0 Å². The molecule has 0 fully saturated rings. The van der Waals surface area contributed by atoms with Crippen molar-refractivity contribution in [1.29, 1.82) is 0 Å². The van der Waals surface area contributed by atoms with E-state index >= 15 is 0 Å². The van der Waals surface area contributed by atoms with E-state index in [1.54, 1.807) is 52.0 Å². The van der Waals surface area contributed by atoms with E-state index in [0.29, 0.717) is 22.4 Å². The smallest absolute Gasteiger partial charge is 0.408 e. The molecule has 1 aliphatic heterocycles. The number of nitrogens with zero attached hydrogens (tertiary/aromatic N) is 3. The van der Waals surface area contributed by atoms with Gasteiger partial charge in [0.25, 0.3) is 0 Å². The molecule has 2 aromatic rings. The summed E-state index contributed by atoms with van der Waals surface area (Å²) in [5.41, 5.74) is 0.373. The fraction of sp³-hybridized carbons (Fsp3) is 0.429. The first-order valence-electron chi connectivity index (χ1n) is 9.84. The summed E-state index contributed by atoms with van der Waals surface area (Å²) >= 11 is 0. The second-order valence-corrected chi connectivity index (χ2v) is 8.24. The van der Waals surface area contributed by atoms with E-state index in [1.807, 2.05) is 0 Å². The highest BCUT2D eigenvalue weighted by molar-refractivity contribution is 5.96. The third-order valence-electron chi connectivity index (χ3n) is 4.55. The SMILES string of the molecule is C[C@@H]1C=CC[C@H](NC(=O)OC(C)(C)C)c2cc(ccn2)-c2c(cnn2C(F)F)NC1=O. The number of aromatic nitrogens is 3.